The summed E-state index contributed by atoms with van der Waals surface area (Å²) in [5.41, 5.74) is 5.63. The minimum Gasteiger partial charge on any atom is -0.446 e. The maximum Gasteiger partial charge on any atom is 0.411 e. The van der Waals surface area contributed by atoms with Gasteiger partial charge in [0.05, 0.1) is 41.3 Å². The molecular weight excluding hydrogens is 554 g/mol. The number of nitrogens with two attached hydrogens (primary N) is 1. The summed E-state index contributed by atoms with van der Waals surface area (Å²) in [6, 6.07) is 30.7. The highest BCUT2D eigenvalue weighted by atomic mass is 16.6. The number of hydrogen-bond donors (Lipinski definition) is 2. The molecule has 0 atom stereocenters. The van der Waals surface area contributed by atoms with Gasteiger partial charge in [-0.2, -0.15) is 0 Å². The van der Waals surface area contributed by atoms with Crippen LogP contribution in [0.1, 0.15) is 44.9 Å². The molecule has 3 aromatic carbocycles. The summed E-state index contributed by atoms with van der Waals surface area (Å²) in [4.78, 5) is 46.4. The molecule has 9 heteroatoms. The summed E-state index contributed by atoms with van der Waals surface area (Å²) < 4.78 is 5.79. The quantitative estimate of drug-likeness (QED) is 0.210. The first-order valence-corrected chi connectivity index (χ1v) is 15.1. The molecule has 9 nitrogen and oxygen atoms in total. The topological polar surface area (TPSA) is 108 Å². The number of nitrogens with one attached hydrogen (secondary N) is 1. The Hall–Kier alpha value is -4.86. The number of piperidine rings is 1. The summed E-state index contributed by atoms with van der Waals surface area (Å²) in [5.74, 6) is -0.440. The number of rotatable bonds is 10. The molecule has 0 saturated carbocycles. The van der Waals surface area contributed by atoms with E-state index in [1.807, 2.05) is 72.8 Å². The van der Waals surface area contributed by atoms with Gasteiger partial charge in [0.25, 0.3) is 11.8 Å². The largest absolute Gasteiger partial charge is 0.446 e. The number of benzene rings is 3. The predicted molar refractivity (Wildman–Crippen MR) is 167 cm³/mol. The van der Waals surface area contributed by atoms with Gasteiger partial charge in [0.1, 0.15) is 12.6 Å². The van der Waals surface area contributed by atoms with Crippen molar-refractivity contribution in [3.8, 4) is 11.1 Å². The number of fused-ring (bicyclic) bond motifs is 1. The number of nitrogens with zero attached hydrogens (tertiary/aromatic N) is 3. The normalized spacial score (nSPS) is 15.3. The molecular formula is C35H36N5O4+. The molecule has 224 valence electrons. The van der Waals surface area contributed by atoms with E-state index in [-0.39, 0.29) is 17.9 Å². The second-order valence-electron chi connectivity index (χ2n) is 11.1. The molecule has 44 heavy (non-hydrogen) atoms. The molecule has 1 aromatic heterocycles. The standard InChI is InChI=1S/C35H35N5O4/c41-33-30-14-4-5-15-31(30)34(42)40(33)22-19-36-23-26-11-8-12-27(37-26)24-39-20-17-28(18-21-39)44-35(43)38-32-16-7-6-13-29(32)25-9-2-1-3-10-25/h1-16,28,36H,17-24H2,(H,38,43)/p+1. The van der Waals surface area contributed by atoms with Crippen LogP contribution in [0, 0.1) is 0 Å². The number of ether oxygens (including phenoxy) is 1. The molecule has 1 fully saturated rings. The summed E-state index contributed by atoms with van der Waals surface area (Å²) in [5, 5.41) is 5.01. The summed E-state index contributed by atoms with van der Waals surface area (Å²) in [6.07, 6.45) is 0.963. The monoisotopic (exact) mass is 590 g/mol. The van der Waals surface area contributed by atoms with Gasteiger partial charge in [0.15, 0.2) is 0 Å². The number of aromatic nitrogens is 1. The van der Waals surface area contributed by atoms with Crippen molar-refractivity contribution in [1.82, 2.24) is 14.8 Å². The van der Waals surface area contributed by atoms with Crippen molar-refractivity contribution < 1.29 is 24.4 Å². The third-order valence-electron chi connectivity index (χ3n) is 8.10. The SMILES string of the molecule is O=C(Nc1ccccc1-c1ccccc1)OC1CCN(Cc2cccc(C[NH2+]CCN3C(=O)c4ccccc4C3=O)n2)CC1. The third-order valence-corrected chi connectivity index (χ3v) is 8.10. The molecule has 3 amide bonds. The minimum absolute atomic E-state index is 0.133. The van der Waals surface area contributed by atoms with Crippen LogP contribution in [-0.4, -0.2) is 65.0 Å². The Bertz CT molecular complexity index is 1600. The van der Waals surface area contributed by atoms with Crippen molar-refractivity contribution in [3.05, 3.63) is 120 Å². The Kier molecular flexibility index (Phi) is 9.05. The van der Waals surface area contributed by atoms with E-state index in [2.05, 4.69) is 15.5 Å². The number of hydrogen-bond acceptors (Lipinski definition) is 6. The average molecular weight is 591 g/mol. The van der Waals surface area contributed by atoms with E-state index in [4.69, 9.17) is 9.72 Å². The van der Waals surface area contributed by atoms with Crippen LogP contribution in [0.5, 0.6) is 0 Å². The maximum absolute atomic E-state index is 12.7. The highest BCUT2D eigenvalue weighted by molar-refractivity contribution is 6.21. The van der Waals surface area contributed by atoms with E-state index < -0.39 is 6.09 Å². The van der Waals surface area contributed by atoms with Gasteiger partial charge < -0.3 is 10.1 Å². The number of quaternary nitrogens is 1. The Labute approximate surface area is 256 Å². The fourth-order valence-corrected chi connectivity index (χ4v) is 5.81. The van der Waals surface area contributed by atoms with Gasteiger partial charge in [-0.05, 0) is 48.7 Å². The van der Waals surface area contributed by atoms with Gasteiger partial charge >= 0.3 is 6.09 Å². The van der Waals surface area contributed by atoms with Crippen LogP contribution in [0.15, 0.2) is 97.1 Å². The summed E-state index contributed by atoms with van der Waals surface area (Å²) in [6.45, 7) is 3.99. The van der Waals surface area contributed by atoms with Crippen molar-refractivity contribution in [3.63, 3.8) is 0 Å². The van der Waals surface area contributed by atoms with Crippen molar-refractivity contribution in [1.29, 1.82) is 0 Å². The zero-order valence-electron chi connectivity index (χ0n) is 24.5. The highest BCUT2D eigenvalue weighted by Crippen LogP contribution is 2.28. The molecule has 3 N–H and O–H groups in total. The van der Waals surface area contributed by atoms with E-state index in [0.29, 0.717) is 30.8 Å². The van der Waals surface area contributed by atoms with E-state index in [0.717, 1.165) is 60.7 Å². The number of para-hydroxylation sites is 1. The second kappa shape index (κ2) is 13.6. The minimum atomic E-state index is -0.430. The lowest BCUT2D eigenvalue weighted by atomic mass is 10.0. The molecule has 2 aliphatic rings. The van der Waals surface area contributed by atoms with E-state index in [1.54, 1.807) is 24.3 Å². The molecule has 4 aromatic rings. The molecule has 0 radical (unpaired) electrons. The first-order chi connectivity index (χ1) is 21.5. The number of carbonyl (C=O) groups excluding carboxylic acids is 3. The third kappa shape index (κ3) is 6.85. The predicted octanol–water partition coefficient (Wildman–Crippen LogP) is 4.32. The zero-order chi connectivity index (χ0) is 30.3. The first-order valence-electron chi connectivity index (χ1n) is 15.1. The number of likely N-dealkylation sites (tertiary alicyclic amines) is 1. The highest BCUT2D eigenvalue weighted by Gasteiger charge is 2.35. The van der Waals surface area contributed by atoms with Gasteiger partial charge in [-0.25, -0.2) is 4.79 Å². The van der Waals surface area contributed by atoms with Crippen molar-refractivity contribution in [2.75, 3.05) is 31.5 Å². The molecule has 0 spiro atoms. The van der Waals surface area contributed by atoms with Crippen LogP contribution in [0.25, 0.3) is 11.1 Å². The van der Waals surface area contributed by atoms with E-state index in [1.165, 1.54) is 4.90 Å². The van der Waals surface area contributed by atoms with Gasteiger partial charge in [-0.3, -0.25) is 29.7 Å². The first kappa shape index (κ1) is 29.2. The fraction of sp³-hybridized carbons (Fsp3) is 0.257. The molecule has 0 unspecified atom stereocenters. The van der Waals surface area contributed by atoms with Crippen LogP contribution in [0.2, 0.25) is 0 Å². The van der Waals surface area contributed by atoms with E-state index in [9.17, 15) is 14.4 Å². The number of anilines is 1. The van der Waals surface area contributed by atoms with Crippen LogP contribution >= 0.6 is 0 Å². The Morgan fingerprint density at radius 3 is 2.16 bits per heavy atom. The van der Waals surface area contributed by atoms with Crippen LogP contribution in [0.4, 0.5) is 10.5 Å². The molecule has 0 bridgehead atoms. The van der Waals surface area contributed by atoms with Gasteiger partial charge in [0, 0.05) is 25.2 Å². The lowest BCUT2D eigenvalue weighted by Crippen LogP contribution is -2.84. The van der Waals surface area contributed by atoms with Crippen LogP contribution in [-0.2, 0) is 17.8 Å². The number of carbonyl (C=O) groups is 3. The lowest BCUT2D eigenvalue weighted by molar-refractivity contribution is -0.670. The van der Waals surface area contributed by atoms with Gasteiger partial charge in [-0.1, -0.05) is 66.7 Å². The smallest absolute Gasteiger partial charge is 0.411 e. The van der Waals surface area contributed by atoms with E-state index >= 15 is 0 Å². The Balaban J connectivity index is 0.929. The number of amides is 3. The maximum atomic E-state index is 12.7. The molecule has 0 aliphatic carbocycles. The fourth-order valence-electron chi connectivity index (χ4n) is 5.81. The summed E-state index contributed by atoms with van der Waals surface area (Å²) in [7, 11) is 0. The molecule has 1 saturated heterocycles. The van der Waals surface area contributed by atoms with Crippen molar-refractivity contribution >= 4 is 23.6 Å². The van der Waals surface area contributed by atoms with Crippen molar-refractivity contribution in [2.24, 2.45) is 0 Å². The zero-order valence-corrected chi connectivity index (χ0v) is 24.5. The van der Waals surface area contributed by atoms with Crippen molar-refractivity contribution in [2.45, 2.75) is 32.0 Å². The van der Waals surface area contributed by atoms with Crippen LogP contribution < -0.4 is 10.6 Å². The molecule has 6 rings (SSSR count). The Morgan fingerprint density at radius 1 is 0.795 bits per heavy atom. The second-order valence-corrected chi connectivity index (χ2v) is 11.1. The Morgan fingerprint density at radius 2 is 1.43 bits per heavy atom. The van der Waals surface area contributed by atoms with Crippen LogP contribution in [0.3, 0.4) is 0 Å². The average Bonchev–Trinajstić information content (AvgIpc) is 3.29. The van der Waals surface area contributed by atoms with Gasteiger partial charge in [0.2, 0.25) is 0 Å². The molecule has 2 aliphatic heterocycles. The number of pyridine rings is 1. The lowest BCUT2D eigenvalue weighted by Gasteiger charge is -2.31. The van der Waals surface area contributed by atoms with Gasteiger partial charge in [-0.15, -0.1) is 0 Å². The molecule has 3 heterocycles. The number of imide groups is 1. The summed E-state index contributed by atoms with van der Waals surface area (Å²) >= 11 is 0.